The molecule has 1 aromatic carbocycles. The summed E-state index contributed by atoms with van der Waals surface area (Å²) in [6.07, 6.45) is 2.81. The second kappa shape index (κ2) is 6.74. The Morgan fingerprint density at radius 3 is 2.70 bits per heavy atom. The Morgan fingerprint density at radius 1 is 1.39 bits per heavy atom. The number of amides is 1. The summed E-state index contributed by atoms with van der Waals surface area (Å²) in [7, 11) is 0. The number of thioether (sulfide) groups is 1. The zero-order valence-corrected chi connectivity index (χ0v) is 14.2. The minimum Gasteiger partial charge on any atom is -0.343 e. The lowest BCUT2D eigenvalue weighted by Gasteiger charge is -2.40. The number of hydrogen-bond acceptors (Lipinski definition) is 5. The molecule has 0 saturated heterocycles. The van der Waals surface area contributed by atoms with Gasteiger partial charge in [0, 0.05) is 23.5 Å². The molecule has 1 aliphatic carbocycles. The fourth-order valence-corrected chi connectivity index (χ4v) is 3.54. The number of rotatable bonds is 6. The normalized spacial score (nSPS) is 17.3. The van der Waals surface area contributed by atoms with E-state index in [0.29, 0.717) is 11.7 Å². The average Bonchev–Trinajstić information content (AvgIpc) is 2.96. The van der Waals surface area contributed by atoms with Crippen molar-refractivity contribution in [3.63, 3.8) is 0 Å². The molecule has 1 atom stereocenters. The summed E-state index contributed by atoms with van der Waals surface area (Å²) in [5, 5.41) is 7.17. The van der Waals surface area contributed by atoms with Gasteiger partial charge in [0.05, 0.1) is 0 Å². The summed E-state index contributed by atoms with van der Waals surface area (Å²) in [6, 6.07) is 10.1. The van der Waals surface area contributed by atoms with Crippen molar-refractivity contribution < 1.29 is 9.32 Å². The third-order valence-corrected chi connectivity index (χ3v) is 5.49. The van der Waals surface area contributed by atoms with E-state index in [1.165, 1.54) is 4.90 Å². The number of benzene rings is 1. The molecule has 122 valence electrons. The molecule has 5 nitrogen and oxygen atoms in total. The summed E-state index contributed by atoms with van der Waals surface area (Å²) < 4.78 is 5.08. The molecule has 0 radical (unpaired) electrons. The van der Waals surface area contributed by atoms with E-state index >= 15 is 0 Å². The first-order chi connectivity index (χ1) is 11.1. The molecule has 1 fully saturated rings. The van der Waals surface area contributed by atoms with Crippen molar-refractivity contribution in [2.75, 3.05) is 5.75 Å². The van der Waals surface area contributed by atoms with Gasteiger partial charge in [-0.2, -0.15) is 4.98 Å². The Hall–Kier alpha value is -1.82. The van der Waals surface area contributed by atoms with Gasteiger partial charge in [-0.05, 0) is 31.4 Å². The number of nitrogens with one attached hydrogen (secondary N) is 1. The van der Waals surface area contributed by atoms with E-state index in [2.05, 4.69) is 27.6 Å². The molecule has 1 amide bonds. The highest BCUT2D eigenvalue weighted by Crippen LogP contribution is 2.40. The molecule has 1 heterocycles. The van der Waals surface area contributed by atoms with Crippen molar-refractivity contribution in [1.29, 1.82) is 0 Å². The summed E-state index contributed by atoms with van der Waals surface area (Å²) in [6.45, 7) is 3.73. The number of nitrogens with zero attached hydrogens (tertiary/aromatic N) is 2. The van der Waals surface area contributed by atoms with Crippen molar-refractivity contribution in [2.45, 2.75) is 43.5 Å². The standard InChI is InChI=1S/C17H21N3O2S/c1-12(11-23-14-7-4-3-5-8-14)15(21)19-17(9-6-10-17)16-18-13(2)22-20-16/h3-5,7-8,12H,6,9-11H2,1-2H3,(H,19,21). The van der Waals surface area contributed by atoms with Gasteiger partial charge >= 0.3 is 0 Å². The van der Waals surface area contributed by atoms with Gasteiger partial charge in [-0.25, -0.2) is 0 Å². The number of aromatic nitrogens is 2. The molecule has 0 aliphatic heterocycles. The molecule has 1 unspecified atom stereocenters. The number of carbonyl (C=O) groups is 1. The molecule has 0 bridgehead atoms. The van der Waals surface area contributed by atoms with Gasteiger partial charge in [0.15, 0.2) is 5.82 Å². The Bertz CT molecular complexity index is 667. The van der Waals surface area contributed by atoms with E-state index in [9.17, 15) is 4.79 Å². The van der Waals surface area contributed by atoms with Crippen LogP contribution < -0.4 is 5.32 Å². The predicted octanol–water partition coefficient (Wildman–Crippen LogP) is 3.30. The van der Waals surface area contributed by atoms with Gasteiger partial charge in [-0.15, -0.1) is 11.8 Å². The zero-order chi connectivity index (χ0) is 16.3. The van der Waals surface area contributed by atoms with Crippen LogP contribution >= 0.6 is 11.8 Å². The molecule has 1 aliphatic rings. The van der Waals surface area contributed by atoms with Gasteiger partial charge in [0.2, 0.25) is 11.8 Å². The Balaban J connectivity index is 1.59. The van der Waals surface area contributed by atoms with Crippen LogP contribution in [0.1, 0.15) is 37.9 Å². The minimum absolute atomic E-state index is 0.0515. The molecule has 3 rings (SSSR count). The van der Waals surface area contributed by atoms with E-state index in [4.69, 9.17) is 4.52 Å². The maximum Gasteiger partial charge on any atom is 0.224 e. The van der Waals surface area contributed by atoms with Crippen LogP contribution in [0.15, 0.2) is 39.8 Å². The largest absolute Gasteiger partial charge is 0.343 e. The van der Waals surface area contributed by atoms with Crippen LogP contribution in [-0.4, -0.2) is 21.8 Å². The third kappa shape index (κ3) is 3.58. The number of hydrogen-bond donors (Lipinski definition) is 1. The fraction of sp³-hybridized carbons (Fsp3) is 0.471. The van der Waals surface area contributed by atoms with Crippen LogP contribution in [-0.2, 0) is 10.3 Å². The summed E-state index contributed by atoms with van der Waals surface area (Å²) in [4.78, 5) is 18.0. The predicted molar refractivity (Wildman–Crippen MR) is 89.0 cm³/mol. The quantitative estimate of drug-likeness (QED) is 0.823. The smallest absolute Gasteiger partial charge is 0.224 e. The summed E-state index contributed by atoms with van der Waals surface area (Å²) in [5.41, 5.74) is -0.430. The van der Waals surface area contributed by atoms with Crippen LogP contribution in [0, 0.1) is 12.8 Å². The molecule has 1 N–H and O–H groups in total. The first kappa shape index (κ1) is 16.1. The monoisotopic (exact) mass is 331 g/mol. The first-order valence-corrected chi connectivity index (χ1v) is 8.88. The van der Waals surface area contributed by atoms with E-state index in [-0.39, 0.29) is 11.8 Å². The highest BCUT2D eigenvalue weighted by molar-refractivity contribution is 7.99. The van der Waals surface area contributed by atoms with Crippen molar-refractivity contribution >= 4 is 17.7 Å². The average molecular weight is 331 g/mol. The molecule has 1 saturated carbocycles. The van der Waals surface area contributed by atoms with E-state index in [0.717, 1.165) is 25.0 Å². The maximum absolute atomic E-state index is 12.5. The van der Waals surface area contributed by atoms with Crippen LogP contribution in [0.3, 0.4) is 0 Å². The van der Waals surface area contributed by atoms with Crippen LogP contribution in [0.2, 0.25) is 0 Å². The molecule has 6 heteroatoms. The summed E-state index contributed by atoms with van der Waals surface area (Å²) >= 11 is 1.70. The Kier molecular flexibility index (Phi) is 4.71. The van der Waals surface area contributed by atoms with Crippen LogP contribution in [0.4, 0.5) is 0 Å². The minimum atomic E-state index is -0.430. The zero-order valence-electron chi connectivity index (χ0n) is 13.4. The van der Waals surface area contributed by atoms with Crippen molar-refractivity contribution in [2.24, 2.45) is 5.92 Å². The topological polar surface area (TPSA) is 68.0 Å². The highest BCUT2D eigenvalue weighted by atomic mass is 32.2. The van der Waals surface area contributed by atoms with Gasteiger partial charge in [0.1, 0.15) is 5.54 Å². The third-order valence-electron chi connectivity index (χ3n) is 4.22. The highest BCUT2D eigenvalue weighted by Gasteiger charge is 2.44. The number of carbonyl (C=O) groups excluding carboxylic acids is 1. The van der Waals surface area contributed by atoms with Crippen molar-refractivity contribution in [3.8, 4) is 0 Å². The van der Waals surface area contributed by atoms with Crippen molar-refractivity contribution in [1.82, 2.24) is 15.5 Å². The molecule has 0 spiro atoms. The molecule has 23 heavy (non-hydrogen) atoms. The SMILES string of the molecule is Cc1nc(C2(NC(=O)C(C)CSc3ccccc3)CCC2)no1. The molecular formula is C17H21N3O2S. The second-order valence-corrected chi connectivity index (χ2v) is 7.18. The second-order valence-electron chi connectivity index (χ2n) is 6.09. The Labute approximate surface area is 140 Å². The van der Waals surface area contributed by atoms with Gasteiger partial charge < -0.3 is 9.84 Å². The fourth-order valence-electron chi connectivity index (χ4n) is 2.60. The lowest BCUT2D eigenvalue weighted by atomic mass is 9.75. The molecular weight excluding hydrogens is 310 g/mol. The van der Waals surface area contributed by atoms with E-state index in [1.54, 1.807) is 18.7 Å². The van der Waals surface area contributed by atoms with Crippen molar-refractivity contribution in [3.05, 3.63) is 42.0 Å². The lowest BCUT2D eigenvalue weighted by Crippen LogP contribution is -2.53. The van der Waals surface area contributed by atoms with Gasteiger partial charge in [-0.3, -0.25) is 4.79 Å². The first-order valence-electron chi connectivity index (χ1n) is 7.90. The van der Waals surface area contributed by atoms with E-state index in [1.807, 2.05) is 25.1 Å². The summed E-state index contributed by atoms with van der Waals surface area (Å²) in [5.74, 6) is 1.86. The number of aryl methyl sites for hydroxylation is 1. The Morgan fingerprint density at radius 2 is 2.13 bits per heavy atom. The molecule has 2 aromatic rings. The maximum atomic E-state index is 12.5. The lowest BCUT2D eigenvalue weighted by molar-refractivity contribution is -0.127. The van der Waals surface area contributed by atoms with Gasteiger partial charge in [0.25, 0.3) is 0 Å². The van der Waals surface area contributed by atoms with Gasteiger partial charge in [-0.1, -0.05) is 30.3 Å². The van der Waals surface area contributed by atoms with E-state index < -0.39 is 5.54 Å². The van der Waals surface area contributed by atoms with Crippen LogP contribution in [0.25, 0.3) is 0 Å². The molecule has 1 aromatic heterocycles. The van der Waals surface area contributed by atoms with Crippen LogP contribution in [0.5, 0.6) is 0 Å².